The zero-order chi connectivity index (χ0) is 25.7. The molecule has 1 aliphatic carbocycles. The van der Waals surface area contributed by atoms with Crippen LogP contribution in [-0.2, 0) is 14.3 Å². The van der Waals surface area contributed by atoms with E-state index in [2.05, 4.69) is 5.32 Å². The molecule has 1 heterocycles. The van der Waals surface area contributed by atoms with Crippen LogP contribution in [0.25, 0.3) is 0 Å². The normalized spacial score (nSPS) is 18.3. The van der Waals surface area contributed by atoms with Gasteiger partial charge in [-0.05, 0) is 55.3 Å². The third kappa shape index (κ3) is 5.57. The summed E-state index contributed by atoms with van der Waals surface area (Å²) >= 11 is 0. The van der Waals surface area contributed by atoms with Crippen molar-refractivity contribution in [2.24, 2.45) is 0 Å². The average molecular weight is 495 g/mol. The molecule has 4 rings (SSSR count). The molecule has 2 aliphatic rings. The van der Waals surface area contributed by atoms with Crippen molar-refractivity contribution in [3.8, 4) is 11.5 Å². The molecule has 0 aromatic heterocycles. The monoisotopic (exact) mass is 494 g/mol. The van der Waals surface area contributed by atoms with Gasteiger partial charge in [0.15, 0.2) is 23.9 Å². The molecule has 0 spiro atoms. The Morgan fingerprint density at radius 1 is 0.917 bits per heavy atom. The van der Waals surface area contributed by atoms with Crippen molar-refractivity contribution in [2.45, 2.75) is 50.6 Å². The fourth-order valence-electron chi connectivity index (χ4n) is 4.64. The van der Waals surface area contributed by atoms with Gasteiger partial charge in [0.05, 0.1) is 37.9 Å². The van der Waals surface area contributed by atoms with Gasteiger partial charge in [-0.1, -0.05) is 19.3 Å². The molecule has 0 bridgehead atoms. The Bertz CT molecular complexity index is 1140. The van der Waals surface area contributed by atoms with E-state index < -0.39 is 24.4 Å². The maximum atomic E-state index is 12.9. The maximum absolute atomic E-state index is 12.9. The number of imide groups is 1. The second-order valence-corrected chi connectivity index (χ2v) is 8.94. The van der Waals surface area contributed by atoms with Crippen LogP contribution in [0.4, 0.5) is 5.69 Å². The summed E-state index contributed by atoms with van der Waals surface area (Å²) in [5.41, 5.74) is 0.920. The van der Waals surface area contributed by atoms with E-state index in [1.165, 1.54) is 51.0 Å². The highest BCUT2D eigenvalue weighted by Crippen LogP contribution is 2.28. The highest BCUT2D eigenvalue weighted by Gasteiger charge is 2.40. The molecular formula is C27H30N2O7. The van der Waals surface area contributed by atoms with Crippen molar-refractivity contribution in [3.63, 3.8) is 0 Å². The number of Topliss-reactive ketones (excluding diaryl/α,β-unsaturated/α-hetero) is 1. The minimum Gasteiger partial charge on any atom is -0.493 e. The molecule has 1 atom stereocenters. The number of carbonyl (C=O) groups excluding carboxylic acids is 4. The van der Waals surface area contributed by atoms with Crippen LogP contribution in [-0.4, -0.2) is 56.5 Å². The van der Waals surface area contributed by atoms with Crippen LogP contribution in [0.3, 0.4) is 0 Å². The smallest absolute Gasteiger partial charge is 0.338 e. The summed E-state index contributed by atoms with van der Waals surface area (Å²) in [5.74, 6) is -0.757. The maximum Gasteiger partial charge on any atom is 0.338 e. The van der Waals surface area contributed by atoms with Crippen LogP contribution < -0.4 is 19.7 Å². The number of ketones is 1. The lowest BCUT2D eigenvalue weighted by molar-refractivity contribution is -0.121. The molecule has 1 aliphatic heterocycles. The molecule has 1 unspecified atom stereocenters. The second-order valence-electron chi connectivity index (χ2n) is 8.94. The highest BCUT2D eigenvalue weighted by molar-refractivity contribution is 6.22. The average Bonchev–Trinajstić information content (AvgIpc) is 3.19. The van der Waals surface area contributed by atoms with E-state index in [-0.39, 0.29) is 29.8 Å². The summed E-state index contributed by atoms with van der Waals surface area (Å²) in [7, 11) is 2.96. The van der Waals surface area contributed by atoms with E-state index in [0.717, 1.165) is 30.6 Å². The van der Waals surface area contributed by atoms with Crippen molar-refractivity contribution in [3.05, 3.63) is 53.6 Å². The molecule has 0 radical (unpaired) electrons. The lowest BCUT2D eigenvalue weighted by Gasteiger charge is -2.25. The molecule has 2 fully saturated rings. The zero-order valence-electron chi connectivity index (χ0n) is 20.5. The van der Waals surface area contributed by atoms with Gasteiger partial charge in [0.2, 0.25) is 5.91 Å². The Labute approximate surface area is 209 Å². The number of hydrogen-bond donors (Lipinski definition) is 1. The number of nitrogens with zero attached hydrogens (tertiary/aromatic N) is 1. The van der Waals surface area contributed by atoms with Crippen LogP contribution >= 0.6 is 0 Å². The SMILES string of the molecule is COc1ccc(C(=O)COC(=O)c2ccc(N3C(=O)CC(NC4CCCCC4)C3=O)cc2)cc1OC. The number of nitrogens with one attached hydrogen (secondary N) is 1. The van der Waals surface area contributed by atoms with Gasteiger partial charge in [0.25, 0.3) is 5.91 Å². The minimum atomic E-state index is -0.689. The number of anilines is 1. The number of esters is 1. The Kier molecular flexibility index (Phi) is 8.00. The topological polar surface area (TPSA) is 111 Å². The van der Waals surface area contributed by atoms with Crippen LogP contribution in [0.5, 0.6) is 11.5 Å². The summed E-state index contributed by atoms with van der Waals surface area (Å²) in [5, 5.41) is 3.35. The summed E-state index contributed by atoms with van der Waals surface area (Å²) < 4.78 is 15.5. The Balaban J connectivity index is 1.34. The van der Waals surface area contributed by atoms with Gasteiger partial charge < -0.3 is 19.5 Å². The lowest BCUT2D eigenvalue weighted by atomic mass is 9.95. The third-order valence-corrected chi connectivity index (χ3v) is 6.59. The van der Waals surface area contributed by atoms with E-state index >= 15 is 0 Å². The highest BCUT2D eigenvalue weighted by atomic mass is 16.5. The fourth-order valence-corrected chi connectivity index (χ4v) is 4.64. The third-order valence-electron chi connectivity index (χ3n) is 6.59. The number of amides is 2. The van der Waals surface area contributed by atoms with Crippen LogP contribution in [0.1, 0.15) is 59.2 Å². The van der Waals surface area contributed by atoms with Gasteiger partial charge in [-0.3, -0.25) is 14.4 Å². The molecule has 2 amide bonds. The fraction of sp³-hybridized carbons (Fsp3) is 0.407. The predicted molar refractivity (Wildman–Crippen MR) is 132 cm³/mol. The second kappa shape index (κ2) is 11.3. The van der Waals surface area contributed by atoms with E-state index in [0.29, 0.717) is 22.7 Å². The first kappa shape index (κ1) is 25.4. The molecular weight excluding hydrogens is 464 g/mol. The number of ether oxygens (including phenoxy) is 3. The zero-order valence-corrected chi connectivity index (χ0v) is 20.5. The molecule has 2 aromatic carbocycles. The van der Waals surface area contributed by atoms with Crippen molar-refractivity contribution in [1.82, 2.24) is 5.32 Å². The Hall–Kier alpha value is -3.72. The van der Waals surface area contributed by atoms with Gasteiger partial charge in [0, 0.05) is 11.6 Å². The minimum absolute atomic E-state index is 0.122. The molecule has 1 saturated heterocycles. The molecule has 36 heavy (non-hydrogen) atoms. The molecule has 2 aromatic rings. The van der Waals surface area contributed by atoms with Gasteiger partial charge in [-0.25, -0.2) is 9.69 Å². The molecule has 1 N–H and O–H groups in total. The lowest BCUT2D eigenvalue weighted by Crippen LogP contribution is -2.44. The summed E-state index contributed by atoms with van der Waals surface area (Å²) in [6.45, 7) is -0.451. The molecule has 9 nitrogen and oxygen atoms in total. The molecule has 190 valence electrons. The van der Waals surface area contributed by atoms with Gasteiger partial charge in [0.1, 0.15) is 0 Å². The number of rotatable bonds is 9. The van der Waals surface area contributed by atoms with Gasteiger partial charge in [-0.2, -0.15) is 0 Å². The van der Waals surface area contributed by atoms with E-state index in [1.807, 2.05) is 0 Å². The number of benzene rings is 2. The molecule has 1 saturated carbocycles. The largest absolute Gasteiger partial charge is 0.493 e. The van der Waals surface area contributed by atoms with Gasteiger partial charge in [-0.15, -0.1) is 0 Å². The predicted octanol–water partition coefficient (Wildman–Crippen LogP) is 3.30. The Morgan fingerprint density at radius 3 is 2.25 bits per heavy atom. The van der Waals surface area contributed by atoms with Gasteiger partial charge >= 0.3 is 5.97 Å². The number of methoxy groups -OCH3 is 2. The standard InChI is InChI=1S/C27H30N2O7/c1-34-23-13-10-18(14-24(23)35-2)22(30)16-36-27(33)17-8-11-20(12-9-17)29-25(31)15-21(26(29)32)28-19-6-4-3-5-7-19/h8-14,19,21,28H,3-7,15-16H2,1-2H3. The van der Waals surface area contributed by atoms with Crippen molar-refractivity contribution < 1.29 is 33.4 Å². The first-order valence-electron chi connectivity index (χ1n) is 12.1. The van der Waals surface area contributed by atoms with Crippen LogP contribution in [0.15, 0.2) is 42.5 Å². The first-order valence-corrected chi connectivity index (χ1v) is 12.1. The van der Waals surface area contributed by atoms with Crippen LogP contribution in [0.2, 0.25) is 0 Å². The van der Waals surface area contributed by atoms with Crippen LogP contribution in [0, 0.1) is 0 Å². The van der Waals surface area contributed by atoms with E-state index in [1.54, 1.807) is 12.1 Å². The quantitative estimate of drug-likeness (QED) is 0.321. The summed E-state index contributed by atoms with van der Waals surface area (Å²) in [4.78, 5) is 51.6. The Morgan fingerprint density at radius 2 is 1.58 bits per heavy atom. The van der Waals surface area contributed by atoms with Crippen molar-refractivity contribution in [1.29, 1.82) is 0 Å². The van der Waals surface area contributed by atoms with Crippen molar-refractivity contribution >= 4 is 29.3 Å². The summed E-state index contributed by atoms with van der Waals surface area (Å²) in [6, 6.07) is 10.4. The van der Waals surface area contributed by atoms with E-state index in [9.17, 15) is 19.2 Å². The number of hydrogen-bond acceptors (Lipinski definition) is 8. The van der Waals surface area contributed by atoms with E-state index in [4.69, 9.17) is 14.2 Å². The van der Waals surface area contributed by atoms with Crippen molar-refractivity contribution in [2.75, 3.05) is 25.7 Å². The number of carbonyl (C=O) groups is 4. The summed E-state index contributed by atoms with van der Waals surface area (Å²) in [6.07, 6.45) is 5.63. The first-order chi connectivity index (χ1) is 17.4. The molecule has 9 heteroatoms.